The van der Waals surface area contributed by atoms with Gasteiger partial charge in [0.2, 0.25) is 0 Å². The van der Waals surface area contributed by atoms with E-state index in [1.54, 1.807) is 7.11 Å². The molecule has 5 nitrogen and oxygen atoms in total. The van der Waals surface area contributed by atoms with Gasteiger partial charge in [0.1, 0.15) is 5.75 Å². The van der Waals surface area contributed by atoms with E-state index < -0.39 is 0 Å². The van der Waals surface area contributed by atoms with Crippen molar-refractivity contribution in [1.29, 1.82) is 0 Å². The van der Waals surface area contributed by atoms with Gasteiger partial charge in [-0.3, -0.25) is 4.79 Å². The third kappa shape index (κ3) is 4.53. The molecule has 0 spiro atoms. The Hall–Kier alpha value is -3.48. The summed E-state index contributed by atoms with van der Waals surface area (Å²) in [7, 11) is 1.62. The van der Waals surface area contributed by atoms with Gasteiger partial charge in [-0.25, -0.2) is 4.99 Å². The van der Waals surface area contributed by atoms with Crippen LogP contribution in [0.2, 0.25) is 5.02 Å². The Morgan fingerprint density at radius 3 is 2.61 bits per heavy atom. The Morgan fingerprint density at radius 1 is 1.06 bits per heavy atom. The number of fused-ring (bicyclic) bond motifs is 1. The predicted octanol–water partition coefficient (Wildman–Crippen LogP) is 6.24. The Kier molecular flexibility index (Phi) is 5.94. The maximum atomic E-state index is 12.6. The molecule has 3 aromatic carbocycles. The van der Waals surface area contributed by atoms with Crippen LogP contribution in [0.15, 0.2) is 88.9 Å². The molecule has 1 fully saturated rings. The predicted molar refractivity (Wildman–Crippen MR) is 136 cm³/mol. The van der Waals surface area contributed by atoms with Crippen LogP contribution in [-0.4, -0.2) is 22.8 Å². The molecule has 164 valence electrons. The standard InChI is InChI=1S/C26H20ClN3O2S/c1-32-20-12-10-19(11-13-20)28-26-29-25(31)24(33-26)14-18-16-30(23-9-5-3-7-21(18)23)15-17-6-2-4-8-22(17)27/h2-14,16H,15H2,1H3,(H,28,29,31)/b24-14+. The normalized spacial score (nSPS) is 16.0. The second kappa shape index (κ2) is 9.17. The van der Waals surface area contributed by atoms with Crippen molar-refractivity contribution in [2.45, 2.75) is 6.54 Å². The van der Waals surface area contributed by atoms with E-state index in [4.69, 9.17) is 16.3 Å². The van der Waals surface area contributed by atoms with Crippen molar-refractivity contribution in [2.24, 2.45) is 4.99 Å². The van der Waals surface area contributed by atoms with E-state index in [2.05, 4.69) is 33.2 Å². The molecule has 33 heavy (non-hydrogen) atoms. The zero-order valence-corrected chi connectivity index (χ0v) is 19.4. The number of carbonyl (C=O) groups is 1. The van der Waals surface area contributed by atoms with Crippen molar-refractivity contribution in [3.8, 4) is 5.75 Å². The summed E-state index contributed by atoms with van der Waals surface area (Å²) in [4.78, 5) is 17.8. The van der Waals surface area contributed by atoms with Gasteiger partial charge < -0.3 is 14.6 Å². The quantitative estimate of drug-likeness (QED) is 0.349. The molecule has 1 saturated heterocycles. The number of ether oxygens (including phenoxy) is 1. The lowest BCUT2D eigenvalue weighted by Crippen LogP contribution is -2.19. The number of amidine groups is 1. The van der Waals surface area contributed by atoms with Crippen molar-refractivity contribution in [3.63, 3.8) is 0 Å². The first kappa shape index (κ1) is 21.4. The molecule has 0 aliphatic carbocycles. The highest BCUT2D eigenvalue weighted by Gasteiger charge is 2.24. The van der Waals surface area contributed by atoms with Gasteiger partial charge in [-0.15, -0.1) is 0 Å². The summed E-state index contributed by atoms with van der Waals surface area (Å²) in [6, 6.07) is 23.4. The van der Waals surface area contributed by atoms with E-state index in [0.717, 1.165) is 38.5 Å². The van der Waals surface area contributed by atoms with Gasteiger partial charge in [-0.1, -0.05) is 48.0 Å². The second-order valence-electron chi connectivity index (χ2n) is 7.50. The minimum absolute atomic E-state index is 0.157. The number of hydrogen-bond acceptors (Lipinski definition) is 4. The summed E-state index contributed by atoms with van der Waals surface area (Å²) in [5.74, 6) is 0.603. The Balaban J connectivity index is 1.45. The van der Waals surface area contributed by atoms with E-state index in [0.29, 0.717) is 16.6 Å². The maximum Gasteiger partial charge on any atom is 0.264 e. The monoisotopic (exact) mass is 473 g/mol. The maximum absolute atomic E-state index is 12.6. The summed E-state index contributed by atoms with van der Waals surface area (Å²) < 4.78 is 7.34. The number of nitrogens with zero attached hydrogens (tertiary/aromatic N) is 2. The fourth-order valence-electron chi connectivity index (χ4n) is 3.73. The van der Waals surface area contributed by atoms with E-state index in [-0.39, 0.29) is 5.91 Å². The first-order valence-corrected chi connectivity index (χ1v) is 11.5. The number of aliphatic imine (C=N–C) groups is 1. The highest BCUT2D eigenvalue weighted by Crippen LogP contribution is 2.32. The molecular formula is C26H20ClN3O2S. The molecular weight excluding hydrogens is 454 g/mol. The van der Waals surface area contributed by atoms with Crippen LogP contribution in [0.1, 0.15) is 11.1 Å². The molecule has 1 aliphatic heterocycles. The number of hydrogen-bond donors (Lipinski definition) is 1. The largest absolute Gasteiger partial charge is 0.497 e. The number of carbonyl (C=O) groups excluding carboxylic acids is 1. The summed E-state index contributed by atoms with van der Waals surface area (Å²) in [6.45, 7) is 0.646. The molecule has 1 aromatic heterocycles. The lowest BCUT2D eigenvalue weighted by molar-refractivity contribution is -0.115. The van der Waals surface area contributed by atoms with Crippen LogP contribution in [-0.2, 0) is 11.3 Å². The minimum Gasteiger partial charge on any atom is -0.497 e. The van der Waals surface area contributed by atoms with Crippen molar-refractivity contribution in [2.75, 3.05) is 7.11 Å². The first-order valence-electron chi connectivity index (χ1n) is 10.4. The van der Waals surface area contributed by atoms with Gasteiger partial charge in [0.05, 0.1) is 17.7 Å². The average molecular weight is 474 g/mol. The molecule has 1 aliphatic rings. The van der Waals surface area contributed by atoms with Crippen LogP contribution in [0, 0.1) is 0 Å². The Bertz CT molecular complexity index is 1410. The molecule has 7 heteroatoms. The van der Waals surface area contributed by atoms with Crippen LogP contribution in [0.5, 0.6) is 5.75 Å². The van der Waals surface area contributed by atoms with E-state index in [9.17, 15) is 4.79 Å². The topological polar surface area (TPSA) is 55.6 Å². The summed E-state index contributed by atoms with van der Waals surface area (Å²) >= 11 is 7.72. The van der Waals surface area contributed by atoms with Gasteiger partial charge in [0.25, 0.3) is 5.91 Å². The number of thioether (sulfide) groups is 1. The van der Waals surface area contributed by atoms with Crippen LogP contribution in [0.4, 0.5) is 5.69 Å². The highest BCUT2D eigenvalue weighted by molar-refractivity contribution is 8.18. The molecule has 1 N–H and O–H groups in total. The minimum atomic E-state index is -0.157. The van der Waals surface area contributed by atoms with Crippen molar-refractivity contribution in [3.05, 3.63) is 100 Å². The molecule has 0 bridgehead atoms. The second-order valence-corrected chi connectivity index (χ2v) is 8.94. The molecule has 0 saturated carbocycles. The van der Waals surface area contributed by atoms with E-state index >= 15 is 0 Å². The number of amides is 1. The third-order valence-corrected chi connectivity index (χ3v) is 6.64. The number of benzene rings is 3. The van der Waals surface area contributed by atoms with Crippen molar-refractivity contribution >= 4 is 57.1 Å². The fourth-order valence-corrected chi connectivity index (χ4v) is 4.76. The van der Waals surface area contributed by atoms with Gasteiger partial charge in [0.15, 0.2) is 5.17 Å². The van der Waals surface area contributed by atoms with Gasteiger partial charge in [-0.05, 0) is 59.8 Å². The van der Waals surface area contributed by atoms with Crippen LogP contribution in [0.3, 0.4) is 0 Å². The summed E-state index contributed by atoms with van der Waals surface area (Å²) in [5, 5.41) is 5.22. The molecule has 4 aromatic rings. The Labute approximate surface area is 200 Å². The van der Waals surface area contributed by atoms with Gasteiger partial charge in [0, 0.05) is 34.2 Å². The number of methoxy groups -OCH3 is 1. The molecule has 1 amide bonds. The molecule has 2 heterocycles. The Morgan fingerprint density at radius 2 is 1.82 bits per heavy atom. The number of nitrogens with one attached hydrogen (secondary N) is 1. The van der Waals surface area contributed by atoms with Crippen LogP contribution >= 0.6 is 23.4 Å². The van der Waals surface area contributed by atoms with E-state index in [1.807, 2.05) is 66.7 Å². The lowest BCUT2D eigenvalue weighted by Gasteiger charge is -2.07. The first-order chi connectivity index (χ1) is 16.1. The smallest absolute Gasteiger partial charge is 0.264 e. The summed E-state index contributed by atoms with van der Waals surface area (Å²) in [6.07, 6.45) is 3.98. The fraction of sp³-hybridized carbons (Fsp3) is 0.0769. The lowest BCUT2D eigenvalue weighted by atomic mass is 10.1. The van der Waals surface area contributed by atoms with Crippen molar-refractivity contribution < 1.29 is 9.53 Å². The molecule has 0 radical (unpaired) electrons. The van der Waals surface area contributed by atoms with Crippen molar-refractivity contribution in [1.82, 2.24) is 9.88 Å². The van der Waals surface area contributed by atoms with E-state index in [1.165, 1.54) is 11.8 Å². The zero-order valence-electron chi connectivity index (χ0n) is 17.8. The average Bonchev–Trinajstić information content (AvgIpc) is 3.35. The molecule has 0 atom stereocenters. The highest BCUT2D eigenvalue weighted by atomic mass is 35.5. The van der Waals surface area contributed by atoms with Gasteiger partial charge >= 0.3 is 0 Å². The summed E-state index contributed by atoms with van der Waals surface area (Å²) in [5.41, 5.74) is 3.85. The molecule has 5 rings (SSSR count). The van der Waals surface area contributed by atoms with Crippen LogP contribution in [0.25, 0.3) is 17.0 Å². The van der Waals surface area contributed by atoms with Crippen LogP contribution < -0.4 is 10.1 Å². The number of aromatic nitrogens is 1. The third-order valence-electron chi connectivity index (χ3n) is 5.36. The van der Waals surface area contributed by atoms with Gasteiger partial charge in [-0.2, -0.15) is 0 Å². The zero-order chi connectivity index (χ0) is 22.8. The number of rotatable bonds is 5. The number of halogens is 1. The SMILES string of the molecule is COc1ccc(N=C2NC(=O)/C(=C\c3cn(Cc4ccccc4Cl)c4ccccc34)S2)cc1. The molecule has 0 unspecified atom stereocenters. The number of para-hydroxylation sites is 1.